The van der Waals surface area contributed by atoms with Crippen molar-refractivity contribution in [1.82, 2.24) is 19.8 Å². The Kier molecular flexibility index (Phi) is 6.53. The van der Waals surface area contributed by atoms with Crippen molar-refractivity contribution in [2.24, 2.45) is 0 Å². The Morgan fingerprint density at radius 3 is 2.71 bits per heavy atom. The molecule has 1 aliphatic rings. The highest BCUT2D eigenvalue weighted by molar-refractivity contribution is 7.20. The van der Waals surface area contributed by atoms with E-state index in [-0.39, 0.29) is 17.5 Å². The quantitative estimate of drug-likeness (QED) is 0.585. The number of nitrogens with one attached hydrogen (secondary N) is 1. The van der Waals surface area contributed by atoms with E-state index in [2.05, 4.69) is 53.3 Å². The number of thiophene rings is 1. The second kappa shape index (κ2) is 9.32. The molecule has 6 nitrogen and oxygen atoms in total. The fourth-order valence-corrected chi connectivity index (χ4v) is 5.65. The van der Waals surface area contributed by atoms with E-state index in [0.29, 0.717) is 21.6 Å². The summed E-state index contributed by atoms with van der Waals surface area (Å²) in [7, 11) is 0. The molecular formula is C24H30N4O2S. The first-order chi connectivity index (χ1) is 15.0. The van der Waals surface area contributed by atoms with Crippen molar-refractivity contribution in [1.29, 1.82) is 0 Å². The molecule has 1 N–H and O–H groups in total. The number of rotatable bonds is 8. The zero-order valence-corrected chi connectivity index (χ0v) is 19.3. The number of aromatic nitrogens is 2. The van der Waals surface area contributed by atoms with Gasteiger partial charge in [-0.15, -0.1) is 11.3 Å². The largest absolute Gasteiger partial charge is 0.350 e. The number of nitrogens with zero attached hydrogens (tertiary/aromatic N) is 3. The zero-order chi connectivity index (χ0) is 22.0. The van der Waals surface area contributed by atoms with Crippen molar-refractivity contribution < 1.29 is 4.79 Å². The molecule has 0 bridgehead atoms. The third kappa shape index (κ3) is 4.29. The summed E-state index contributed by atoms with van der Waals surface area (Å²) in [5.41, 5.74) is 2.01. The first-order valence-corrected chi connectivity index (χ1v) is 11.9. The lowest BCUT2D eigenvalue weighted by Gasteiger charge is -2.30. The van der Waals surface area contributed by atoms with Gasteiger partial charge in [-0.05, 0) is 44.0 Å². The van der Waals surface area contributed by atoms with Gasteiger partial charge in [-0.1, -0.05) is 44.2 Å². The molecule has 2 aromatic heterocycles. The van der Waals surface area contributed by atoms with E-state index >= 15 is 0 Å². The van der Waals surface area contributed by atoms with E-state index in [9.17, 15) is 9.59 Å². The third-order valence-corrected chi connectivity index (χ3v) is 7.44. The summed E-state index contributed by atoms with van der Waals surface area (Å²) in [5.74, 6) is 0.727. The van der Waals surface area contributed by atoms with Crippen molar-refractivity contribution >= 4 is 27.5 Å². The average molecular weight is 439 g/mol. The van der Waals surface area contributed by atoms with Crippen LogP contribution in [-0.4, -0.2) is 46.0 Å². The van der Waals surface area contributed by atoms with Gasteiger partial charge < -0.3 is 5.32 Å². The van der Waals surface area contributed by atoms with Gasteiger partial charge in [-0.2, -0.15) is 0 Å². The molecule has 1 atom stereocenters. The number of likely N-dealkylation sites (N-methyl/N-ethyl adjacent to an activating group) is 1. The van der Waals surface area contributed by atoms with Gasteiger partial charge in [0, 0.05) is 25.6 Å². The Balaban J connectivity index is 1.55. The molecule has 0 fully saturated rings. The highest BCUT2D eigenvalue weighted by Gasteiger charge is 2.24. The Hall–Kier alpha value is -2.51. The predicted molar refractivity (Wildman–Crippen MR) is 126 cm³/mol. The van der Waals surface area contributed by atoms with Crippen LogP contribution in [0.15, 0.2) is 35.1 Å². The molecule has 0 radical (unpaired) electrons. The van der Waals surface area contributed by atoms with Crippen LogP contribution in [0.5, 0.6) is 0 Å². The number of fused-ring (bicyclic) bond motifs is 2. The molecule has 7 heteroatoms. The van der Waals surface area contributed by atoms with Crippen molar-refractivity contribution in [3.05, 3.63) is 62.5 Å². The Morgan fingerprint density at radius 2 is 2.00 bits per heavy atom. The molecule has 1 aliphatic heterocycles. The van der Waals surface area contributed by atoms with E-state index in [1.54, 1.807) is 4.57 Å². The monoisotopic (exact) mass is 438 g/mol. The van der Waals surface area contributed by atoms with Gasteiger partial charge in [-0.3, -0.25) is 19.1 Å². The molecular weight excluding hydrogens is 408 g/mol. The summed E-state index contributed by atoms with van der Waals surface area (Å²) in [6.07, 6.45) is 2.67. The maximum Gasteiger partial charge on any atom is 0.262 e. The van der Waals surface area contributed by atoms with E-state index in [0.717, 1.165) is 50.3 Å². The number of amides is 1. The van der Waals surface area contributed by atoms with Crippen LogP contribution in [0.25, 0.3) is 10.2 Å². The molecule has 1 amide bonds. The van der Waals surface area contributed by atoms with Crippen molar-refractivity contribution in [3.8, 4) is 0 Å². The van der Waals surface area contributed by atoms with Crippen LogP contribution in [0.4, 0.5) is 0 Å². The zero-order valence-electron chi connectivity index (χ0n) is 18.5. The minimum Gasteiger partial charge on any atom is -0.350 e. The smallest absolute Gasteiger partial charge is 0.262 e. The van der Waals surface area contributed by atoms with E-state index in [1.807, 2.05) is 13.0 Å². The highest BCUT2D eigenvalue weighted by Crippen LogP contribution is 2.28. The fraction of sp³-hybridized carbons (Fsp3) is 0.458. The first-order valence-electron chi connectivity index (χ1n) is 11.1. The number of carbonyl (C=O) groups excluding carboxylic acids is 1. The molecule has 1 aromatic carbocycles. The molecule has 3 aromatic rings. The van der Waals surface area contributed by atoms with Crippen LogP contribution < -0.4 is 10.9 Å². The molecule has 0 saturated heterocycles. The second-order valence-electron chi connectivity index (χ2n) is 8.10. The summed E-state index contributed by atoms with van der Waals surface area (Å²) in [6.45, 7) is 9.31. The first kappa shape index (κ1) is 21.7. The van der Waals surface area contributed by atoms with Crippen LogP contribution in [0.3, 0.4) is 0 Å². The Bertz CT molecular complexity index is 1130. The van der Waals surface area contributed by atoms with Gasteiger partial charge in [0.05, 0.1) is 10.3 Å². The second-order valence-corrected chi connectivity index (χ2v) is 9.10. The van der Waals surface area contributed by atoms with Crippen molar-refractivity contribution in [3.63, 3.8) is 0 Å². The molecule has 4 rings (SSSR count). The van der Waals surface area contributed by atoms with Crippen LogP contribution in [-0.2, 0) is 19.4 Å². The molecule has 3 heterocycles. The minimum atomic E-state index is -0.115. The van der Waals surface area contributed by atoms with Gasteiger partial charge in [-0.25, -0.2) is 4.98 Å². The maximum atomic E-state index is 13.1. The van der Waals surface area contributed by atoms with Crippen LogP contribution in [0.1, 0.15) is 46.9 Å². The maximum absolute atomic E-state index is 13.1. The minimum absolute atomic E-state index is 0.00426. The van der Waals surface area contributed by atoms with E-state index in [4.69, 9.17) is 0 Å². The number of aryl methyl sites for hydroxylation is 2. The van der Waals surface area contributed by atoms with Crippen LogP contribution in [0.2, 0.25) is 0 Å². The topological polar surface area (TPSA) is 67.2 Å². The lowest BCUT2D eigenvalue weighted by Crippen LogP contribution is -2.45. The molecule has 0 spiro atoms. The van der Waals surface area contributed by atoms with Gasteiger partial charge in [0.25, 0.3) is 11.5 Å². The normalized spacial score (nSPS) is 14.2. The van der Waals surface area contributed by atoms with E-state index in [1.165, 1.54) is 16.9 Å². The van der Waals surface area contributed by atoms with Crippen molar-refractivity contribution in [2.75, 3.05) is 19.6 Å². The summed E-state index contributed by atoms with van der Waals surface area (Å²) in [5, 5.41) is 3.74. The summed E-state index contributed by atoms with van der Waals surface area (Å²) >= 11 is 1.34. The molecule has 164 valence electrons. The standard InChI is InChI=1S/C24H30N4O2S/c1-4-27(5-2)18(14-17-10-7-6-8-11-17)15-25-22(29)21-16(3)20-23(31-21)26-19-12-9-13-28(19)24(20)30/h6-8,10-11,18H,4-5,9,12-15H2,1-3H3,(H,25,29). The molecule has 0 aliphatic carbocycles. The number of benzene rings is 1. The lowest BCUT2D eigenvalue weighted by molar-refractivity contribution is 0.0938. The summed E-state index contributed by atoms with van der Waals surface area (Å²) in [4.78, 5) is 34.3. The van der Waals surface area contributed by atoms with Gasteiger partial charge in [0.15, 0.2) is 0 Å². The molecule has 31 heavy (non-hydrogen) atoms. The molecule has 0 saturated carbocycles. The SMILES string of the molecule is CCN(CC)C(CNC(=O)c1sc2nc3n(c(=O)c2c1C)CCC3)Cc1ccccc1. The third-order valence-electron chi connectivity index (χ3n) is 6.26. The average Bonchev–Trinajstić information content (AvgIpc) is 3.38. The number of hydrogen-bond donors (Lipinski definition) is 1. The van der Waals surface area contributed by atoms with E-state index < -0.39 is 0 Å². The fourth-order valence-electron chi connectivity index (χ4n) is 4.54. The molecule has 1 unspecified atom stereocenters. The van der Waals surface area contributed by atoms with Crippen LogP contribution in [0, 0.1) is 6.92 Å². The summed E-state index contributed by atoms with van der Waals surface area (Å²) in [6, 6.07) is 10.6. The number of carbonyl (C=O) groups is 1. The predicted octanol–water partition coefficient (Wildman–Crippen LogP) is 3.40. The number of hydrogen-bond acceptors (Lipinski definition) is 5. The Morgan fingerprint density at radius 1 is 1.26 bits per heavy atom. The highest BCUT2D eigenvalue weighted by atomic mass is 32.1. The van der Waals surface area contributed by atoms with Crippen molar-refractivity contribution in [2.45, 2.75) is 52.6 Å². The van der Waals surface area contributed by atoms with Gasteiger partial charge >= 0.3 is 0 Å². The van der Waals surface area contributed by atoms with Gasteiger partial charge in [0.1, 0.15) is 10.7 Å². The Labute approximate surface area is 186 Å². The lowest BCUT2D eigenvalue weighted by atomic mass is 10.0. The van der Waals surface area contributed by atoms with Gasteiger partial charge in [0.2, 0.25) is 0 Å². The van der Waals surface area contributed by atoms with Crippen LogP contribution >= 0.6 is 11.3 Å². The summed E-state index contributed by atoms with van der Waals surface area (Å²) < 4.78 is 1.76.